The van der Waals surface area contributed by atoms with Crippen LogP contribution in [0.1, 0.15) is 0 Å². The zero-order valence-electron chi connectivity index (χ0n) is 36.0. The molecule has 5 heteroatoms. The summed E-state index contributed by atoms with van der Waals surface area (Å²) < 4.78 is 11.3. The van der Waals surface area contributed by atoms with E-state index in [-0.39, 0.29) is 0 Å². The molecule has 15 rings (SSSR count). The maximum Gasteiger partial charge on any atom is 0.136 e. The number of benzene rings is 11. The average molecular weight is 853 g/mol. The Hall–Kier alpha value is -9.06. The number of furan rings is 1. The molecule has 11 aromatic carbocycles. The van der Waals surface area contributed by atoms with Crippen molar-refractivity contribution < 1.29 is 4.42 Å². The van der Waals surface area contributed by atoms with Gasteiger partial charge >= 0.3 is 0 Å². The van der Waals surface area contributed by atoms with Gasteiger partial charge in [-0.15, -0.1) is 0 Å². The molecule has 0 aliphatic heterocycles. The largest absolute Gasteiger partial charge is 0.456 e. The van der Waals surface area contributed by atoms with Crippen molar-refractivity contribution in [1.29, 1.82) is 0 Å². The van der Waals surface area contributed by atoms with Crippen LogP contribution in [-0.4, -0.2) is 19.1 Å². The summed E-state index contributed by atoms with van der Waals surface area (Å²) in [6, 6.07) is 78.5. The molecule has 0 aliphatic carbocycles. The molecule has 0 aliphatic rings. The number of para-hydroxylation sites is 5. The molecule has 15 aromatic rings. The summed E-state index contributed by atoms with van der Waals surface area (Å²) in [6.45, 7) is 0. The second kappa shape index (κ2) is 13.7. The van der Waals surface area contributed by atoms with Crippen LogP contribution in [-0.2, 0) is 0 Å². The molecule has 0 atom stereocenters. The standard InChI is InChI=1S/C62H36N4O/c1-2-14-42-37(13-1)27-31-56-60(42)49-19-6-11-23-54(49)65(56)41-28-25-38-35-57-50(34-40(38)33-41)45-17-5-10-22-53(45)66(57)55-32-30-48(43-15-3-4-16-44(43)55)62-61(63-51-20-8-9-21-52(51)64-62)39-26-29-47-46-18-7-12-24-58(46)67-59(47)36-39/h1-36H. The van der Waals surface area contributed by atoms with E-state index in [0.717, 1.165) is 88.7 Å². The lowest BCUT2D eigenvalue weighted by molar-refractivity contribution is 0.669. The highest BCUT2D eigenvalue weighted by Gasteiger charge is 2.22. The second-order valence-electron chi connectivity index (χ2n) is 17.7. The molecule has 4 heterocycles. The number of hydrogen-bond acceptors (Lipinski definition) is 3. The van der Waals surface area contributed by atoms with E-state index in [1.165, 1.54) is 54.1 Å². The van der Waals surface area contributed by atoms with Crippen LogP contribution in [0.15, 0.2) is 223 Å². The summed E-state index contributed by atoms with van der Waals surface area (Å²) in [7, 11) is 0. The summed E-state index contributed by atoms with van der Waals surface area (Å²) in [6.07, 6.45) is 0. The van der Waals surface area contributed by atoms with Crippen molar-refractivity contribution in [3.8, 4) is 33.9 Å². The molecule has 0 amide bonds. The van der Waals surface area contributed by atoms with Crippen LogP contribution in [0.25, 0.3) is 143 Å². The van der Waals surface area contributed by atoms with Crippen LogP contribution >= 0.6 is 0 Å². The van der Waals surface area contributed by atoms with Gasteiger partial charge in [-0.3, -0.25) is 0 Å². The fraction of sp³-hybridized carbons (Fsp3) is 0. The molecule has 0 spiro atoms. The SMILES string of the molecule is c1ccc2c(c1)ccc1c2c2ccccc2n1-c1ccc2cc3c(cc2c1)c1ccccc1n3-c1ccc(-c2nc3ccccc3nc2-c2ccc3c(c2)oc2ccccc23)c2ccccc12. The van der Waals surface area contributed by atoms with Crippen LogP contribution in [0, 0.1) is 0 Å². The molecule has 0 radical (unpaired) electrons. The first-order chi connectivity index (χ1) is 33.2. The minimum atomic E-state index is 0.816. The van der Waals surface area contributed by atoms with Gasteiger partial charge in [0.15, 0.2) is 0 Å². The van der Waals surface area contributed by atoms with Gasteiger partial charge < -0.3 is 13.6 Å². The summed E-state index contributed by atoms with van der Waals surface area (Å²) in [5, 5.41) is 14.3. The Morgan fingerprint density at radius 3 is 1.84 bits per heavy atom. The van der Waals surface area contributed by atoms with Crippen molar-refractivity contribution in [3.05, 3.63) is 218 Å². The first-order valence-electron chi connectivity index (χ1n) is 22.8. The minimum Gasteiger partial charge on any atom is -0.456 e. The Labute approximate surface area is 383 Å². The predicted octanol–water partition coefficient (Wildman–Crippen LogP) is 16.5. The predicted molar refractivity (Wildman–Crippen MR) is 279 cm³/mol. The topological polar surface area (TPSA) is 48.8 Å². The van der Waals surface area contributed by atoms with Gasteiger partial charge in [0, 0.05) is 54.5 Å². The second-order valence-corrected chi connectivity index (χ2v) is 17.7. The Morgan fingerprint density at radius 2 is 0.985 bits per heavy atom. The third-order valence-corrected chi connectivity index (χ3v) is 14.1. The lowest BCUT2D eigenvalue weighted by atomic mass is 9.96. The quantitative estimate of drug-likeness (QED) is 0.177. The Kier molecular flexibility index (Phi) is 7.44. The van der Waals surface area contributed by atoms with Crippen LogP contribution in [0.3, 0.4) is 0 Å². The van der Waals surface area contributed by atoms with E-state index in [0.29, 0.717) is 0 Å². The average Bonchev–Trinajstić information content (AvgIpc) is 4.04. The van der Waals surface area contributed by atoms with Crippen molar-refractivity contribution >= 4 is 109 Å². The smallest absolute Gasteiger partial charge is 0.136 e. The fourth-order valence-electron chi connectivity index (χ4n) is 11.1. The van der Waals surface area contributed by atoms with Crippen molar-refractivity contribution in [3.63, 3.8) is 0 Å². The van der Waals surface area contributed by atoms with E-state index in [1.807, 2.05) is 36.4 Å². The third kappa shape index (κ3) is 5.25. The number of rotatable bonds is 4. The van der Waals surface area contributed by atoms with Gasteiger partial charge in [0.05, 0.1) is 50.2 Å². The van der Waals surface area contributed by atoms with Crippen LogP contribution in [0.4, 0.5) is 0 Å². The highest BCUT2D eigenvalue weighted by atomic mass is 16.3. The summed E-state index contributed by atoms with van der Waals surface area (Å²) >= 11 is 0. The maximum absolute atomic E-state index is 6.39. The first-order valence-corrected chi connectivity index (χ1v) is 22.8. The molecule has 0 saturated heterocycles. The molecule has 0 bridgehead atoms. The van der Waals surface area contributed by atoms with Gasteiger partial charge in [0.1, 0.15) is 11.2 Å². The molecule has 0 saturated carbocycles. The van der Waals surface area contributed by atoms with Crippen LogP contribution < -0.4 is 0 Å². The van der Waals surface area contributed by atoms with Crippen LogP contribution in [0.2, 0.25) is 0 Å². The van der Waals surface area contributed by atoms with E-state index in [4.69, 9.17) is 14.4 Å². The molecular formula is C62H36N4O. The van der Waals surface area contributed by atoms with Crippen LogP contribution in [0.5, 0.6) is 0 Å². The molecule has 67 heavy (non-hydrogen) atoms. The van der Waals surface area contributed by atoms with E-state index in [2.05, 4.69) is 191 Å². The molecular weight excluding hydrogens is 817 g/mol. The molecule has 310 valence electrons. The van der Waals surface area contributed by atoms with Gasteiger partial charge in [-0.2, -0.15) is 0 Å². The number of fused-ring (bicyclic) bond motifs is 14. The molecule has 0 unspecified atom stereocenters. The monoisotopic (exact) mass is 852 g/mol. The van der Waals surface area contributed by atoms with E-state index < -0.39 is 0 Å². The lowest BCUT2D eigenvalue weighted by Gasteiger charge is -2.17. The van der Waals surface area contributed by atoms with Crippen molar-refractivity contribution in [2.45, 2.75) is 0 Å². The summed E-state index contributed by atoms with van der Waals surface area (Å²) in [5.41, 5.74) is 14.0. The van der Waals surface area contributed by atoms with E-state index in [1.54, 1.807) is 0 Å². The van der Waals surface area contributed by atoms with Gasteiger partial charge in [-0.25, -0.2) is 9.97 Å². The van der Waals surface area contributed by atoms with Gasteiger partial charge in [-0.1, -0.05) is 133 Å². The van der Waals surface area contributed by atoms with Crippen molar-refractivity contribution in [2.75, 3.05) is 0 Å². The van der Waals surface area contributed by atoms with Crippen molar-refractivity contribution in [1.82, 2.24) is 19.1 Å². The first kappa shape index (κ1) is 36.3. The van der Waals surface area contributed by atoms with Crippen molar-refractivity contribution in [2.24, 2.45) is 0 Å². The normalized spacial score (nSPS) is 12.2. The van der Waals surface area contributed by atoms with Gasteiger partial charge in [0.2, 0.25) is 0 Å². The van der Waals surface area contributed by atoms with Gasteiger partial charge in [-0.05, 0) is 112 Å². The lowest BCUT2D eigenvalue weighted by Crippen LogP contribution is -1.99. The third-order valence-electron chi connectivity index (χ3n) is 14.1. The maximum atomic E-state index is 6.39. The summed E-state index contributed by atoms with van der Waals surface area (Å²) in [5.74, 6) is 0. The number of nitrogens with zero attached hydrogens (tertiary/aromatic N) is 4. The zero-order chi connectivity index (χ0) is 43.7. The van der Waals surface area contributed by atoms with Gasteiger partial charge in [0.25, 0.3) is 0 Å². The molecule has 4 aromatic heterocycles. The number of aromatic nitrogens is 4. The minimum absolute atomic E-state index is 0.816. The summed E-state index contributed by atoms with van der Waals surface area (Å²) in [4.78, 5) is 10.7. The Balaban J connectivity index is 0.927. The highest BCUT2D eigenvalue weighted by Crippen LogP contribution is 2.43. The zero-order valence-corrected chi connectivity index (χ0v) is 36.0. The molecule has 5 nitrogen and oxygen atoms in total. The van der Waals surface area contributed by atoms with E-state index >= 15 is 0 Å². The molecule has 0 N–H and O–H groups in total. The Morgan fingerprint density at radius 1 is 0.328 bits per heavy atom. The highest BCUT2D eigenvalue weighted by molar-refractivity contribution is 6.22. The fourth-order valence-corrected chi connectivity index (χ4v) is 11.1. The molecule has 0 fully saturated rings. The number of hydrogen-bond donors (Lipinski definition) is 0. The Bertz CT molecular complexity index is 4590. The van der Waals surface area contributed by atoms with E-state index in [9.17, 15) is 0 Å².